The van der Waals surface area contributed by atoms with Crippen molar-refractivity contribution in [1.82, 2.24) is 0 Å². The van der Waals surface area contributed by atoms with Crippen molar-refractivity contribution in [2.45, 2.75) is 20.8 Å². The van der Waals surface area contributed by atoms with Gasteiger partial charge in [-0.25, -0.2) is 4.39 Å². The average Bonchev–Trinajstić information content (AvgIpc) is 2.52. The topological polar surface area (TPSA) is 44.8 Å². The van der Waals surface area contributed by atoms with Crippen LogP contribution in [-0.2, 0) is 9.53 Å². The van der Waals surface area contributed by atoms with E-state index in [9.17, 15) is 9.18 Å². The van der Waals surface area contributed by atoms with E-state index in [0.29, 0.717) is 16.5 Å². The lowest BCUT2D eigenvalue weighted by molar-refractivity contribution is -0.142. The van der Waals surface area contributed by atoms with Crippen LogP contribution in [0.15, 0.2) is 24.3 Å². The van der Waals surface area contributed by atoms with Gasteiger partial charge >= 0.3 is 5.97 Å². The van der Waals surface area contributed by atoms with Crippen LogP contribution in [0, 0.1) is 23.6 Å². The van der Waals surface area contributed by atoms with E-state index in [2.05, 4.69) is 5.92 Å². The number of fused-ring (bicyclic) bond motifs is 1. The Morgan fingerprint density at radius 3 is 2.58 bits per heavy atom. The minimum Gasteiger partial charge on any atom is -0.467 e. The number of hydrogen-bond donors (Lipinski definition) is 0. The number of hydrogen-bond acceptors (Lipinski definition) is 4. The number of terminal acetylenes is 1. The van der Waals surface area contributed by atoms with E-state index in [4.69, 9.17) is 20.6 Å². The molecule has 0 aromatic heterocycles. The van der Waals surface area contributed by atoms with E-state index in [1.54, 1.807) is 32.9 Å². The molecule has 24 heavy (non-hydrogen) atoms. The van der Waals surface area contributed by atoms with Gasteiger partial charge in [0.05, 0.1) is 11.0 Å². The van der Waals surface area contributed by atoms with Crippen molar-refractivity contribution in [3.05, 3.63) is 35.6 Å². The van der Waals surface area contributed by atoms with Gasteiger partial charge in [0.25, 0.3) is 0 Å². The second kappa shape index (κ2) is 6.90. The second-order valence-corrected chi connectivity index (χ2v) is 6.28. The van der Waals surface area contributed by atoms with Gasteiger partial charge in [0.15, 0.2) is 6.79 Å². The average molecular weight is 330 g/mol. The first-order valence-electron chi connectivity index (χ1n) is 7.35. The van der Waals surface area contributed by atoms with Crippen LogP contribution in [0.4, 0.5) is 4.39 Å². The third-order valence-electron chi connectivity index (χ3n) is 3.31. The lowest BCUT2D eigenvalue weighted by Crippen LogP contribution is -2.25. The fraction of sp³-hybridized carbons (Fsp3) is 0.316. The molecule has 5 heteroatoms. The van der Waals surface area contributed by atoms with Crippen LogP contribution < -0.4 is 9.47 Å². The van der Waals surface area contributed by atoms with E-state index >= 15 is 0 Å². The van der Waals surface area contributed by atoms with Crippen molar-refractivity contribution < 1.29 is 23.4 Å². The molecule has 0 fully saturated rings. The van der Waals surface area contributed by atoms with E-state index < -0.39 is 17.2 Å². The number of methoxy groups -OCH3 is 1. The minimum absolute atomic E-state index is 0.0291. The number of rotatable bonds is 4. The van der Waals surface area contributed by atoms with Gasteiger partial charge in [-0.15, -0.1) is 6.42 Å². The van der Waals surface area contributed by atoms with Gasteiger partial charge < -0.3 is 14.2 Å². The van der Waals surface area contributed by atoms with Crippen LogP contribution in [0.5, 0.6) is 11.5 Å². The van der Waals surface area contributed by atoms with Gasteiger partial charge in [0.2, 0.25) is 0 Å². The predicted molar refractivity (Wildman–Crippen MR) is 89.4 cm³/mol. The molecule has 0 saturated carbocycles. The van der Waals surface area contributed by atoms with Crippen LogP contribution in [0.3, 0.4) is 0 Å². The highest BCUT2D eigenvalue weighted by Gasteiger charge is 2.25. The van der Waals surface area contributed by atoms with Crippen molar-refractivity contribution in [2.75, 3.05) is 13.9 Å². The number of benzene rings is 2. The lowest BCUT2D eigenvalue weighted by atomic mass is 9.97. The maximum Gasteiger partial charge on any atom is 0.316 e. The van der Waals surface area contributed by atoms with Crippen LogP contribution in [0.2, 0.25) is 0 Å². The molecular weight excluding hydrogens is 311 g/mol. The molecule has 0 N–H and O–H groups in total. The summed E-state index contributed by atoms with van der Waals surface area (Å²) in [4.78, 5) is 12.3. The zero-order chi connectivity index (χ0) is 17.9. The highest BCUT2D eigenvalue weighted by molar-refractivity contribution is 5.96. The van der Waals surface area contributed by atoms with Crippen LogP contribution in [-0.4, -0.2) is 19.9 Å². The third kappa shape index (κ3) is 3.66. The molecule has 0 bridgehead atoms. The first-order valence-corrected chi connectivity index (χ1v) is 7.35. The van der Waals surface area contributed by atoms with Crippen molar-refractivity contribution >= 4 is 16.7 Å². The number of esters is 1. The molecule has 0 unspecified atom stereocenters. The summed E-state index contributed by atoms with van der Waals surface area (Å²) in [5.74, 6) is 1.90. The summed E-state index contributed by atoms with van der Waals surface area (Å²) in [5.41, 5.74) is -0.679. The van der Waals surface area contributed by atoms with E-state index in [0.717, 1.165) is 0 Å². The quantitative estimate of drug-likeness (QED) is 0.369. The van der Waals surface area contributed by atoms with Crippen molar-refractivity contribution in [3.8, 4) is 23.8 Å². The Balaban J connectivity index is 2.65. The van der Waals surface area contributed by atoms with Crippen molar-refractivity contribution in [2.24, 2.45) is 5.41 Å². The van der Waals surface area contributed by atoms with Crippen LogP contribution >= 0.6 is 0 Å². The molecule has 4 nitrogen and oxygen atoms in total. The molecule has 0 radical (unpaired) electrons. The molecule has 2 rings (SSSR count). The summed E-state index contributed by atoms with van der Waals surface area (Å²) >= 11 is 0. The zero-order valence-electron chi connectivity index (χ0n) is 14.1. The fourth-order valence-electron chi connectivity index (χ4n) is 2.06. The Bertz CT molecular complexity index is 813. The molecule has 0 aliphatic heterocycles. The summed E-state index contributed by atoms with van der Waals surface area (Å²) < 4.78 is 29.8. The molecule has 0 spiro atoms. The fourth-order valence-corrected chi connectivity index (χ4v) is 2.06. The van der Waals surface area contributed by atoms with Gasteiger partial charge in [-0.3, -0.25) is 4.79 Å². The SMILES string of the molecule is C#Cc1c(F)ccc2cc(OCOC)cc(OC(=O)C(C)(C)C)c12. The number of carbonyl (C=O) groups is 1. The van der Waals surface area contributed by atoms with Crippen molar-refractivity contribution in [3.63, 3.8) is 0 Å². The first-order chi connectivity index (χ1) is 11.3. The summed E-state index contributed by atoms with van der Waals surface area (Å²) in [5, 5.41) is 0.967. The van der Waals surface area contributed by atoms with Gasteiger partial charge in [-0.2, -0.15) is 0 Å². The number of ether oxygens (including phenoxy) is 3. The molecule has 0 saturated heterocycles. The summed E-state index contributed by atoms with van der Waals surface area (Å²) in [6, 6.07) is 6.01. The van der Waals surface area contributed by atoms with Crippen LogP contribution in [0.1, 0.15) is 26.3 Å². The Labute approximate surface area is 140 Å². The maximum absolute atomic E-state index is 14.0. The zero-order valence-corrected chi connectivity index (χ0v) is 14.1. The molecule has 0 atom stereocenters. The van der Waals surface area contributed by atoms with E-state index in [-0.39, 0.29) is 18.1 Å². The van der Waals surface area contributed by atoms with Gasteiger partial charge in [-0.05, 0) is 38.3 Å². The van der Waals surface area contributed by atoms with E-state index in [1.165, 1.54) is 19.2 Å². The Hall–Kier alpha value is -2.58. The highest BCUT2D eigenvalue weighted by Crippen LogP contribution is 2.36. The number of carbonyl (C=O) groups excluding carboxylic acids is 1. The van der Waals surface area contributed by atoms with Crippen molar-refractivity contribution in [1.29, 1.82) is 0 Å². The number of halogens is 1. The monoisotopic (exact) mass is 330 g/mol. The van der Waals surface area contributed by atoms with Gasteiger partial charge in [-0.1, -0.05) is 12.0 Å². The largest absolute Gasteiger partial charge is 0.467 e. The Morgan fingerprint density at radius 1 is 1.29 bits per heavy atom. The maximum atomic E-state index is 14.0. The summed E-state index contributed by atoms with van der Waals surface area (Å²) in [7, 11) is 1.49. The molecular formula is C19H19FO4. The highest BCUT2D eigenvalue weighted by atomic mass is 19.1. The standard InChI is InChI=1S/C19H19FO4/c1-6-14-15(20)8-7-12-9-13(23-11-22-5)10-16(17(12)14)24-18(21)19(2,3)4/h1,7-10H,11H2,2-5H3. The normalized spacial score (nSPS) is 11.2. The van der Waals surface area contributed by atoms with Crippen LogP contribution in [0.25, 0.3) is 10.8 Å². The smallest absolute Gasteiger partial charge is 0.316 e. The molecule has 2 aromatic rings. The van der Waals surface area contributed by atoms with E-state index in [1.807, 2.05) is 0 Å². The molecule has 0 amide bonds. The Morgan fingerprint density at radius 2 is 2.00 bits per heavy atom. The molecule has 0 aliphatic carbocycles. The second-order valence-electron chi connectivity index (χ2n) is 6.28. The molecule has 126 valence electrons. The molecule has 0 aliphatic rings. The first kappa shape index (κ1) is 17.8. The summed E-state index contributed by atoms with van der Waals surface area (Å²) in [6.45, 7) is 5.21. The lowest BCUT2D eigenvalue weighted by Gasteiger charge is -2.18. The molecule has 0 heterocycles. The Kier molecular flexibility index (Phi) is 5.10. The molecule has 2 aromatic carbocycles. The van der Waals surface area contributed by atoms with Gasteiger partial charge in [0, 0.05) is 18.6 Å². The van der Waals surface area contributed by atoms with Gasteiger partial charge in [0.1, 0.15) is 17.3 Å². The third-order valence-corrected chi connectivity index (χ3v) is 3.31. The summed E-state index contributed by atoms with van der Waals surface area (Å²) in [6.07, 6.45) is 5.44. The minimum atomic E-state index is -0.723. The predicted octanol–water partition coefficient (Wildman–Crippen LogP) is 3.89.